The van der Waals surface area contributed by atoms with Gasteiger partial charge in [0.15, 0.2) is 0 Å². The van der Waals surface area contributed by atoms with Crippen LogP contribution in [0.25, 0.3) is 10.9 Å². The maximum absolute atomic E-state index is 12.8. The summed E-state index contributed by atoms with van der Waals surface area (Å²) in [5, 5.41) is 7.30. The van der Waals surface area contributed by atoms with Crippen LogP contribution in [0, 0.1) is 0 Å². The van der Waals surface area contributed by atoms with Gasteiger partial charge in [0.25, 0.3) is 5.91 Å². The first-order valence-corrected chi connectivity index (χ1v) is 9.80. The van der Waals surface area contributed by atoms with E-state index < -0.39 is 11.8 Å². The Kier molecular flexibility index (Phi) is 6.04. The molecule has 3 amide bonds. The van der Waals surface area contributed by atoms with E-state index in [4.69, 9.17) is 4.74 Å². The number of H-pyrrole nitrogens is 1. The Morgan fingerprint density at radius 2 is 1.74 bits per heavy atom. The lowest BCUT2D eigenvalue weighted by atomic mass is 10.1. The number of hydrazone groups is 1. The van der Waals surface area contributed by atoms with E-state index in [2.05, 4.69) is 20.8 Å². The Bertz CT molecular complexity index is 1150. The fourth-order valence-corrected chi connectivity index (χ4v) is 3.31. The van der Waals surface area contributed by atoms with Crippen molar-refractivity contribution in [1.82, 2.24) is 15.3 Å². The van der Waals surface area contributed by atoms with E-state index in [9.17, 15) is 14.4 Å². The minimum Gasteiger partial charge on any atom is -0.378 e. The first-order valence-electron chi connectivity index (χ1n) is 9.80. The van der Waals surface area contributed by atoms with Gasteiger partial charge in [0.2, 0.25) is 0 Å². The molecular formula is C22H21N5O4. The van der Waals surface area contributed by atoms with Crippen molar-refractivity contribution in [1.29, 1.82) is 0 Å². The van der Waals surface area contributed by atoms with Crippen LogP contribution in [0.5, 0.6) is 0 Å². The molecule has 0 spiro atoms. The van der Waals surface area contributed by atoms with Crippen LogP contribution in [0.2, 0.25) is 0 Å². The molecular weight excluding hydrogens is 398 g/mol. The monoisotopic (exact) mass is 419 g/mol. The number of fused-ring (bicyclic) bond motifs is 1. The molecule has 1 fully saturated rings. The highest BCUT2D eigenvalue weighted by Crippen LogP contribution is 2.18. The van der Waals surface area contributed by atoms with E-state index in [1.807, 2.05) is 24.3 Å². The molecule has 1 aliphatic rings. The summed E-state index contributed by atoms with van der Waals surface area (Å²) in [6, 6.07) is 14.2. The molecule has 0 aliphatic carbocycles. The van der Waals surface area contributed by atoms with Crippen molar-refractivity contribution >= 4 is 40.5 Å². The van der Waals surface area contributed by atoms with Crippen molar-refractivity contribution in [2.45, 2.75) is 0 Å². The molecule has 0 radical (unpaired) electrons. The molecule has 1 aliphatic heterocycles. The normalized spacial score (nSPS) is 14.0. The van der Waals surface area contributed by atoms with E-state index >= 15 is 0 Å². The lowest BCUT2D eigenvalue weighted by Gasteiger charge is -2.27. The van der Waals surface area contributed by atoms with Crippen molar-refractivity contribution in [3.63, 3.8) is 0 Å². The molecule has 9 nitrogen and oxygen atoms in total. The largest absolute Gasteiger partial charge is 0.378 e. The molecule has 3 N–H and O–H groups in total. The Morgan fingerprint density at radius 3 is 2.58 bits per heavy atom. The van der Waals surface area contributed by atoms with E-state index in [0.29, 0.717) is 31.9 Å². The SMILES string of the molecule is O=C(N/N=C\c1c[nH]c2ccccc12)C(=O)Nc1ccccc1C(=O)N1CCOCC1. The number of nitrogens with zero attached hydrogens (tertiary/aromatic N) is 2. The predicted octanol–water partition coefficient (Wildman–Crippen LogP) is 1.73. The zero-order valence-electron chi connectivity index (χ0n) is 16.6. The number of ether oxygens (including phenoxy) is 1. The molecule has 31 heavy (non-hydrogen) atoms. The van der Waals surface area contributed by atoms with E-state index in [-0.39, 0.29) is 11.6 Å². The molecule has 1 aromatic heterocycles. The second-order valence-electron chi connectivity index (χ2n) is 6.89. The molecule has 158 valence electrons. The lowest BCUT2D eigenvalue weighted by molar-refractivity contribution is -0.136. The maximum Gasteiger partial charge on any atom is 0.329 e. The smallest absolute Gasteiger partial charge is 0.329 e. The number of hydrogen-bond donors (Lipinski definition) is 3. The van der Waals surface area contributed by atoms with Crippen LogP contribution in [-0.2, 0) is 14.3 Å². The van der Waals surface area contributed by atoms with Gasteiger partial charge >= 0.3 is 11.8 Å². The molecule has 4 rings (SSSR count). The quantitative estimate of drug-likeness (QED) is 0.339. The van der Waals surface area contributed by atoms with Crippen LogP contribution < -0.4 is 10.7 Å². The average molecular weight is 419 g/mol. The molecule has 3 aromatic rings. The Morgan fingerprint density at radius 1 is 1.00 bits per heavy atom. The number of benzene rings is 2. The summed E-state index contributed by atoms with van der Waals surface area (Å²) in [5.74, 6) is -2.08. The van der Waals surface area contributed by atoms with Gasteiger partial charge in [0.1, 0.15) is 0 Å². The van der Waals surface area contributed by atoms with E-state index in [1.54, 1.807) is 35.4 Å². The second-order valence-corrected chi connectivity index (χ2v) is 6.89. The number of carbonyl (C=O) groups excluding carboxylic acids is 3. The molecule has 9 heteroatoms. The summed E-state index contributed by atoms with van der Waals surface area (Å²) in [6.07, 6.45) is 3.22. The van der Waals surface area contributed by atoms with Gasteiger partial charge in [0.05, 0.1) is 30.7 Å². The van der Waals surface area contributed by atoms with Crippen LogP contribution in [0.1, 0.15) is 15.9 Å². The van der Waals surface area contributed by atoms with Gasteiger partial charge in [-0.3, -0.25) is 14.4 Å². The third kappa shape index (κ3) is 4.62. The van der Waals surface area contributed by atoms with Crippen LogP contribution in [0.15, 0.2) is 59.8 Å². The molecule has 0 saturated carbocycles. The predicted molar refractivity (Wildman–Crippen MR) is 116 cm³/mol. The van der Waals surface area contributed by atoms with Gasteiger partial charge in [-0.2, -0.15) is 5.10 Å². The average Bonchev–Trinajstić information content (AvgIpc) is 3.22. The van der Waals surface area contributed by atoms with Crippen LogP contribution in [-0.4, -0.2) is 60.1 Å². The number of aromatic amines is 1. The number of para-hydroxylation sites is 2. The standard InChI is InChI=1S/C22H21N5O4/c28-20(21(29)26-24-14-15-13-23-18-7-3-1-5-16(15)18)25-19-8-4-2-6-17(19)22(30)27-9-11-31-12-10-27/h1-8,13-14,23H,9-12H2,(H,25,28)(H,26,29)/b24-14-. The van der Waals surface area contributed by atoms with Crippen molar-refractivity contribution in [2.24, 2.45) is 5.10 Å². The molecule has 1 saturated heterocycles. The fourth-order valence-electron chi connectivity index (χ4n) is 3.31. The van der Waals surface area contributed by atoms with Crippen LogP contribution >= 0.6 is 0 Å². The summed E-state index contributed by atoms with van der Waals surface area (Å²) in [5.41, 5.74) is 4.50. The Hall–Kier alpha value is -3.98. The second kappa shape index (κ2) is 9.23. The minimum absolute atomic E-state index is 0.225. The third-order valence-electron chi connectivity index (χ3n) is 4.90. The van der Waals surface area contributed by atoms with Gasteiger partial charge in [0, 0.05) is 35.8 Å². The highest BCUT2D eigenvalue weighted by molar-refractivity contribution is 6.40. The number of anilines is 1. The van der Waals surface area contributed by atoms with Crippen LogP contribution in [0.3, 0.4) is 0 Å². The van der Waals surface area contributed by atoms with Gasteiger partial charge in [-0.1, -0.05) is 30.3 Å². The molecule has 0 atom stereocenters. The summed E-state index contributed by atoms with van der Waals surface area (Å²) < 4.78 is 5.27. The number of hydrogen-bond acceptors (Lipinski definition) is 5. The number of aromatic nitrogens is 1. The fraction of sp³-hybridized carbons (Fsp3) is 0.182. The van der Waals surface area contributed by atoms with Crippen molar-refractivity contribution in [3.05, 3.63) is 65.9 Å². The number of rotatable bonds is 4. The lowest BCUT2D eigenvalue weighted by Crippen LogP contribution is -2.41. The highest BCUT2D eigenvalue weighted by Gasteiger charge is 2.22. The third-order valence-corrected chi connectivity index (χ3v) is 4.90. The summed E-state index contributed by atoms with van der Waals surface area (Å²) in [7, 11) is 0. The summed E-state index contributed by atoms with van der Waals surface area (Å²) >= 11 is 0. The number of carbonyl (C=O) groups is 3. The number of amides is 3. The zero-order chi connectivity index (χ0) is 21.6. The van der Waals surface area contributed by atoms with Gasteiger partial charge in [-0.15, -0.1) is 0 Å². The molecule has 0 bridgehead atoms. The van der Waals surface area contributed by atoms with E-state index in [0.717, 1.165) is 16.5 Å². The molecule has 2 heterocycles. The first-order chi connectivity index (χ1) is 15.1. The summed E-state index contributed by atoms with van der Waals surface area (Å²) in [6.45, 7) is 1.89. The minimum atomic E-state index is -0.940. The number of nitrogens with one attached hydrogen (secondary N) is 3. The van der Waals surface area contributed by atoms with Gasteiger partial charge in [-0.25, -0.2) is 5.43 Å². The van der Waals surface area contributed by atoms with Gasteiger partial charge < -0.3 is 19.9 Å². The zero-order valence-corrected chi connectivity index (χ0v) is 16.6. The number of morpholine rings is 1. The highest BCUT2D eigenvalue weighted by atomic mass is 16.5. The molecule has 2 aromatic carbocycles. The van der Waals surface area contributed by atoms with E-state index in [1.165, 1.54) is 6.21 Å². The van der Waals surface area contributed by atoms with Gasteiger partial charge in [-0.05, 0) is 18.2 Å². The molecule has 0 unspecified atom stereocenters. The van der Waals surface area contributed by atoms with Crippen molar-refractivity contribution < 1.29 is 19.1 Å². The van der Waals surface area contributed by atoms with Crippen LogP contribution in [0.4, 0.5) is 5.69 Å². The van der Waals surface area contributed by atoms with Crippen molar-refractivity contribution in [3.8, 4) is 0 Å². The topological polar surface area (TPSA) is 116 Å². The maximum atomic E-state index is 12.8. The Labute approximate surface area is 178 Å². The summed E-state index contributed by atoms with van der Waals surface area (Å²) in [4.78, 5) is 42.0. The van der Waals surface area contributed by atoms with Crippen molar-refractivity contribution in [2.75, 3.05) is 31.6 Å². The first kappa shape index (κ1) is 20.3. The Balaban J connectivity index is 1.40.